The largest absolute Gasteiger partial charge is 0.296 e. The Balaban J connectivity index is 1.80. The molecule has 0 aromatic rings. The molecule has 3 aliphatic rings. The lowest BCUT2D eigenvalue weighted by atomic mass is 9.90. The predicted molar refractivity (Wildman–Crippen MR) is 54.7 cm³/mol. The fourth-order valence-electron chi connectivity index (χ4n) is 3.33. The van der Waals surface area contributed by atoms with E-state index in [0.29, 0.717) is 0 Å². The van der Waals surface area contributed by atoms with Crippen molar-refractivity contribution in [1.29, 1.82) is 0 Å². The van der Waals surface area contributed by atoms with Crippen LogP contribution in [0.1, 0.15) is 44.9 Å². The maximum absolute atomic E-state index is 2.74. The minimum Gasteiger partial charge on any atom is -0.296 e. The summed E-state index contributed by atoms with van der Waals surface area (Å²) >= 11 is 0. The van der Waals surface area contributed by atoms with Crippen LogP contribution in [0.2, 0.25) is 0 Å². The van der Waals surface area contributed by atoms with Crippen molar-refractivity contribution in [2.45, 2.75) is 51.0 Å². The van der Waals surface area contributed by atoms with Crippen molar-refractivity contribution in [2.24, 2.45) is 0 Å². The van der Waals surface area contributed by atoms with Crippen LogP contribution in [0, 0.1) is 0 Å². The first-order valence-corrected chi connectivity index (χ1v) is 5.87. The molecule has 3 rings (SSSR count). The van der Waals surface area contributed by atoms with E-state index < -0.39 is 0 Å². The molecule has 1 aliphatic carbocycles. The molecule has 1 nitrogen and oxygen atoms in total. The zero-order valence-corrected chi connectivity index (χ0v) is 8.39. The number of hydrogen-bond acceptors (Lipinski definition) is 1. The molecule has 2 aliphatic heterocycles. The first-order chi connectivity index (χ1) is 6.43. The zero-order chi connectivity index (χ0) is 8.67. The van der Waals surface area contributed by atoms with E-state index in [1.54, 1.807) is 0 Å². The van der Waals surface area contributed by atoms with Gasteiger partial charge in [0.25, 0.3) is 0 Å². The lowest BCUT2D eigenvalue weighted by Crippen LogP contribution is -2.43. The second kappa shape index (κ2) is 3.13. The van der Waals surface area contributed by atoms with E-state index in [9.17, 15) is 0 Å². The average Bonchev–Trinajstić information content (AvgIpc) is 2.61. The summed E-state index contributed by atoms with van der Waals surface area (Å²) < 4.78 is 0. The summed E-state index contributed by atoms with van der Waals surface area (Å²) in [6, 6.07) is 0.936. The minimum atomic E-state index is 0.936. The number of rotatable bonds is 0. The Bertz CT molecular complexity index is 218. The van der Waals surface area contributed by atoms with Crippen molar-refractivity contribution in [2.75, 3.05) is 13.1 Å². The molecule has 0 bridgehead atoms. The molecule has 1 saturated heterocycles. The van der Waals surface area contributed by atoms with Gasteiger partial charge in [-0.05, 0) is 45.1 Å². The van der Waals surface area contributed by atoms with E-state index in [2.05, 4.69) is 4.90 Å². The lowest BCUT2D eigenvalue weighted by molar-refractivity contribution is 0.149. The van der Waals surface area contributed by atoms with Gasteiger partial charge in [-0.25, -0.2) is 0 Å². The molecule has 0 amide bonds. The van der Waals surface area contributed by atoms with Gasteiger partial charge in [-0.1, -0.05) is 17.6 Å². The van der Waals surface area contributed by atoms with Gasteiger partial charge in [0.1, 0.15) is 0 Å². The fraction of sp³-hybridized carbons (Fsp3) is 0.833. The first-order valence-electron chi connectivity index (χ1n) is 5.87. The van der Waals surface area contributed by atoms with Gasteiger partial charge in [-0.3, -0.25) is 4.90 Å². The second-order valence-electron chi connectivity index (χ2n) is 4.88. The molecule has 1 atom stereocenters. The smallest absolute Gasteiger partial charge is 0.0198 e. The number of nitrogens with zero attached hydrogens (tertiary/aromatic N) is 1. The molecule has 1 unspecified atom stereocenters. The summed E-state index contributed by atoms with van der Waals surface area (Å²) in [5.74, 6) is 0. The summed E-state index contributed by atoms with van der Waals surface area (Å²) in [5, 5.41) is 0. The van der Waals surface area contributed by atoms with Crippen LogP contribution in [0.5, 0.6) is 0 Å². The van der Waals surface area contributed by atoms with Crippen molar-refractivity contribution in [1.82, 2.24) is 4.90 Å². The third kappa shape index (κ3) is 1.34. The minimum absolute atomic E-state index is 0.936. The van der Waals surface area contributed by atoms with Crippen LogP contribution in [0.25, 0.3) is 0 Å². The molecule has 0 saturated carbocycles. The molecular formula is C12H19N. The zero-order valence-electron chi connectivity index (χ0n) is 8.39. The van der Waals surface area contributed by atoms with Crippen molar-refractivity contribution in [3.8, 4) is 0 Å². The summed E-state index contributed by atoms with van der Waals surface area (Å²) in [4.78, 5) is 2.74. The van der Waals surface area contributed by atoms with Crippen LogP contribution in [0.3, 0.4) is 0 Å². The number of fused-ring (bicyclic) bond motifs is 1. The van der Waals surface area contributed by atoms with Crippen molar-refractivity contribution in [3.63, 3.8) is 0 Å². The van der Waals surface area contributed by atoms with Gasteiger partial charge in [0.15, 0.2) is 0 Å². The highest BCUT2D eigenvalue weighted by Gasteiger charge is 2.30. The number of hydrogen-bond donors (Lipinski definition) is 0. The van der Waals surface area contributed by atoms with Crippen LogP contribution in [0.15, 0.2) is 11.1 Å². The van der Waals surface area contributed by atoms with Crippen LogP contribution >= 0.6 is 0 Å². The van der Waals surface area contributed by atoms with E-state index in [0.717, 1.165) is 6.04 Å². The van der Waals surface area contributed by atoms with Gasteiger partial charge >= 0.3 is 0 Å². The van der Waals surface area contributed by atoms with Gasteiger partial charge in [0.2, 0.25) is 0 Å². The monoisotopic (exact) mass is 177 g/mol. The van der Waals surface area contributed by atoms with E-state index >= 15 is 0 Å². The van der Waals surface area contributed by atoms with Crippen LogP contribution < -0.4 is 0 Å². The third-order valence-electron chi connectivity index (χ3n) is 4.08. The van der Waals surface area contributed by atoms with E-state index in [1.807, 2.05) is 11.1 Å². The van der Waals surface area contributed by atoms with E-state index in [-0.39, 0.29) is 0 Å². The van der Waals surface area contributed by atoms with Crippen LogP contribution in [0.4, 0.5) is 0 Å². The first kappa shape index (κ1) is 8.05. The normalized spacial score (nSPS) is 34.6. The Morgan fingerprint density at radius 1 is 1.00 bits per heavy atom. The summed E-state index contributed by atoms with van der Waals surface area (Å²) in [6.07, 6.45) is 10.1. The molecule has 1 heteroatoms. The van der Waals surface area contributed by atoms with E-state index in [1.165, 1.54) is 58.0 Å². The highest BCUT2D eigenvalue weighted by molar-refractivity contribution is 5.25. The number of piperidine rings is 1. The molecule has 0 aromatic carbocycles. The Kier molecular flexibility index (Phi) is 1.93. The summed E-state index contributed by atoms with van der Waals surface area (Å²) in [7, 11) is 0. The van der Waals surface area contributed by atoms with Gasteiger partial charge in [-0.2, -0.15) is 0 Å². The lowest BCUT2D eigenvalue weighted by Gasteiger charge is -2.40. The van der Waals surface area contributed by atoms with Crippen molar-refractivity contribution < 1.29 is 0 Å². The predicted octanol–water partition coefficient (Wildman–Crippen LogP) is 2.73. The highest BCUT2D eigenvalue weighted by atomic mass is 15.2. The third-order valence-corrected chi connectivity index (χ3v) is 4.08. The van der Waals surface area contributed by atoms with Gasteiger partial charge < -0.3 is 0 Å². The Morgan fingerprint density at radius 2 is 1.92 bits per heavy atom. The topological polar surface area (TPSA) is 3.24 Å². The van der Waals surface area contributed by atoms with Gasteiger partial charge in [-0.15, -0.1) is 0 Å². The van der Waals surface area contributed by atoms with Crippen molar-refractivity contribution >= 4 is 0 Å². The van der Waals surface area contributed by atoms with Crippen LogP contribution in [-0.2, 0) is 0 Å². The summed E-state index contributed by atoms with van der Waals surface area (Å²) in [5.41, 5.74) is 3.67. The Morgan fingerprint density at radius 3 is 2.92 bits per heavy atom. The van der Waals surface area contributed by atoms with E-state index in [4.69, 9.17) is 0 Å². The average molecular weight is 177 g/mol. The maximum atomic E-state index is 2.74. The molecule has 0 radical (unpaired) electrons. The van der Waals surface area contributed by atoms with Gasteiger partial charge in [0, 0.05) is 12.6 Å². The summed E-state index contributed by atoms with van der Waals surface area (Å²) in [6.45, 7) is 2.71. The molecule has 0 N–H and O–H groups in total. The molecule has 72 valence electrons. The quantitative estimate of drug-likeness (QED) is 0.514. The van der Waals surface area contributed by atoms with Gasteiger partial charge in [0.05, 0.1) is 0 Å². The standard InChI is InChI=1S/C12H19N/c1-2-7-13-9-11-5-3-4-10(11)8-12(13)6-1/h12H,1-9H2. The molecule has 13 heavy (non-hydrogen) atoms. The molecule has 0 spiro atoms. The molecule has 0 aromatic heterocycles. The Labute approximate surface area is 80.8 Å². The fourth-order valence-corrected chi connectivity index (χ4v) is 3.33. The maximum Gasteiger partial charge on any atom is 0.0198 e. The SMILES string of the molecule is C1CC2=C(C1)CN1CCCCC1C2. The molecule has 1 fully saturated rings. The highest BCUT2D eigenvalue weighted by Crippen LogP contribution is 2.37. The molecule has 2 heterocycles. The van der Waals surface area contributed by atoms with Crippen LogP contribution in [-0.4, -0.2) is 24.0 Å². The molecular weight excluding hydrogens is 158 g/mol. The second-order valence-corrected chi connectivity index (χ2v) is 4.88. The van der Waals surface area contributed by atoms with Crippen molar-refractivity contribution in [3.05, 3.63) is 11.1 Å². The Hall–Kier alpha value is -0.300.